The van der Waals surface area contributed by atoms with Crippen molar-refractivity contribution in [2.75, 3.05) is 56.7 Å². The fraction of sp³-hybridized carbons (Fsp3) is 0.519. The molecule has 1 amide bonds. The van der Waals surface area contributed by atoms with E-state index in [4.69, 9.17) is 9.47 Å². The Hall–Kier alpha value is -3.05. The minimum Gasteiger partial charge on any atom is -0.385 e. The Kier molecular flexibility index (Phi) is 9.09. The molecular weight excluding hydrogens is 472 g/mol. The number of hydrogen-bond donors (Lipinski definition) is 2. The Labute approximate surface area is 218 Å². The second-order valence-corrected chi connectivity index (χ2v) is 9.36. The second-order valence-electron chi connectivity index (χ2n) is 9.36. The fourth-order valence-corrected chi connectivity index (χ4v) is 4.94. The Morgan fingerprint density at radius 2 is 1.97 bits per heavy atom. The number of ether oxygens (including phenoxy) is 2. The summed E-state index contributed by atoms with van der Waals surface area (Å²) in [6.45, 7) is 12.2. The number of rotatable bonds is 10. The van der Waals surface area contributed by atoms with Gasteiger partial charge in [-0.1, -0.05) is 30.8 Å². The SMILES string of the molecule is C=CC(=O)N1CCN(C(CCOC)c2ccc([C@H](C)Nc3ncc4c(n3)N(CC)C(O)OC4)cc2)CC1. The molecule has 0 bridgehead atoms. The molecule has 200 valence electrons. The van der Waals surface area contributed by atoms with Gasteiger partial charge in [0.1, 0.15) is 5.82 Å². The Morgan fingerprint density at radius 3 is 2.62 bits per heavy atom. The molecule has 0 saturated carbocycles. The first-order chi connectivity index (χ1) is 17.9. The number of aromatic nitrogens is 2. The topological polar surface area (TPSA) is 103 Å². The van der Waals surface area contributed by atoms with Crippen molar-refractivity contribution in [3.63, 3.8) is 0 Å². The van der Waals surface area contributed by atoms with Crippen LogP contribution in [0.25, 0.3) is 0 Å². The lowest BCUT2D eigenvalue weighted by Crippen LogP contribution is -2.49. The van der Waals surface area contributed by atoms with E-state index in [0.29, 0.717) is 38.0 Å². The normalized spacial score (nSPS) is 19.7. The van der Waals surface area contributed by atoms with Crippen molar-refractivity contribution >= 4 is 17.7 Å². The van der Waals surface area contributed by atoms with Gasteiger partial charge in [0, 0.05) is 64.2 Å². The van der Waals surface area contributed by atoms with Crippen LogP contribution in [0.1, 0.15) is 49.0 Å². The van der Waals surface area contributed by atoms with E-state index < -0.39 is 6.41 Å². The van der Waals surface area contributed by atoms with Gasteiger partial charge in [0.15, 0.2) is 0 Å². The molecule has 10 nitrogen and oxygen atoms in total. The summed E-state index contributed by atoms with van der Waals surface area (Å²) in [7, 11) is 1.73. The maximum absolute atomic E-state index is 12.0. The molecule has 0 radical (unpaired) electrons. The van der Waals surface area contributed by atoms with Gasteiger partial charge < -0.3 is 29.7 Å². The summed E-state index contributed by atoms with van der Waals surface area (Å²) in [5, 5.41) is 13.5. The number of fused-ring (bicyclic) bond motifs is 1. The summed E-state index contributed by atoms with van der Waals surface area (Å²) < 4.78 is 10.8. The Bertz CT molecular complexity index is 1060. The lowest BCUT2D eigenvalue weighted by atomic mass is 9.98. The van der Waals surface area contributed by atoms with Gasteiger partial charge in [0.2, 0.25) is 18.3 Å². The van der Waals surface area contributed by atoms with Crippen molar-refractivity contribution in [3.8, 4) is 0 Å². The molecule has 2 aliphatic rings. The van der Waals surface area contributed by atoms with Crippen LogP contribution in [0.5, 0.6) is 0 Å². The van der Waals surface area contributed by atoms with Crippen molar-refractivity contribution in [2.45, 2.75) is 45.4 Å². The number of aliphatic hydroxyl groups is 1. The zero-order valence-corrected chi connectivity index (χ0v) is 22.0. The Morgan fingerprint density at radius 1 is 1.27 bits per heavy atom. The molecule has 1 saturated heterocycles. The molecular formula is C27H38N6O4. The van der Waals surface area contributed by atoms with Crippen molar-refractivity contribution in [1.29, 1.82) is 0 Å². The van der Waals surface area contributed by atoms with E-state index in [1.165, 1.54) is 11.6 Å². The monoisotopic (exact) mass is 510 g/mol. The van der Waals surface area contributed by atoms with Gasteiger partial charge in [0.05, 0.1) is 12.6 Å². The molecule has 1 aromatic heterocycles. The molecule has 10 heteroatoms. The molecule has 1 fully saturated rings. The van der Waals surface area contributed by atoms with Crippen molar-refractivity contribution in [1.82, 2.24) is 19.8 Å². The molecule has 2 aromatic rings. The molecule has 37 heavy (non-hydrogen) atoms. The quantitative estimate of drug-likeness (QED) is 0.467. The summed E-state index contributed by atoms with van der Waals surface area (Å²) in [6, 6.07) is 8.83. The van der Waals surface area contributed by atoms with Crippen LogP contribution in [0.4, 0.5) is 11.8 Å². The van der Waals surface area contributed by atoms with E-state index in [1.807, 2.05) is 11.8 Å². The minimum absolute atomic E-state index is 0.00578. The van der Waals surface area contributed by atoms with Gasteiger partial charge in [-0.2, -0.15) is 4.98 Å². The molecule has 0 aliphatic carbocycles. The second kappa shape index (κ2) is 12.5. The van der Waals surface area contributed by atoms with Crippen LogP contribution in [-0.4, -0.2) is 83.6 Å². The largest absolute Gasteiger partial charge is 0.385 e. The zero-order chi connectivity index (χ0) is 26.4. The summed E-state index contributed by atoms with van der Waals surface area (Å²) >= 11 is 0. The maximum atomic E-state index is 12.0. The first-order valence-corrected chi connectivity index (χ1v) is 12.9. The van der Waals surface area contributed by atoms with Gasteiger partial charge in [-0.3, -0.25) is 9.69 Å². The van der Waals surface area contributed by atoms with Crippen LogP contribution < -0.4 is 10.2 Å². The molecule has 2 unspecified atom stereocenters. The van der Waals surface area contributed by atoms with Gasteiger partial charge in [-0.15, -0.1) is 0 Å². The van der Waals surface area contributed by atoms with E-state index in [0.717, 1.165) is 30.6 Å². The van der Waals surface area contributed by atoms with Crippen LogP contribution in [0.3, 0.4) is 0 Å². The number of nitrogens with one attached hydrogen (secondary N) is 1. The number of carbonyl (C=O) groups is 1. The third kappa shape index (κ3) is 6.27. The third-order valence-corrected chi connectivity index (χ3v) is 7.11. The van der Waals surface area contributed by atoms with Crippen molar-refractivity contribution in [3.05, 3.63) is 59.8 Å². The number of amides is 1. The smallest absolute Gasteiger partial charge is 0.246 e. The third-order valence-electron chi connectivity index (χ3n) is 7.11. The number of aliphatic hydroxyl groups excluding tert-OH is 1. The average molecular weight is 511 g/mol. The fourth-order valence-electron chi connectivity index (χ4n) is 4.94. The number of anilines is 2. The molecule has 1 aromatic carbocycles. The first-order valence-electron chi connectivity index (χ1n) is 12.9. The minimum atomic E-state index is -0.998. The number of benzene rings is 1. The number of piperazine rings is 1. The Balaban J connectivity index is 1.43. The molecule has 2 N–H and O–H groups in total. The van der Waals surface area contributed by atoms with Crippen LogP contribution in [0, 0.1) is 0 Å². The van der Waals surface area contributed by atoms with Crippen molar-refractivity contribution < 1.29 is 19.4 Å². The average Bonchev–Trinajstić information content (AvgIpc) is 2.93. The summed E-state index contributed by atoms with van der Waals surface area (Å²) in [5.74, 6) is 1.19. The van der Waals surface area contributed by atoms with E-state index in [1.54, 1.807) is 18.2 Å². The number of methoxy groups -OCH3 is 1. The zero-order valence-electron chi connectivity index (χ0n) is 22.0. The van der Waals surface area contributed by atoms with Gasteiger partial charge in [0.25, 0.3) is 0 Å². The highest BCUT2D eigenvalue weighted by Crippen LogP contribution is 2.29. The summed E-state index contributed by atoms with van der Waals surface area (Å²) in [4.78, 5) is 27.1. The van der Waals surface area contributed by atoms with Crippen LogP contribution in [0.2, 0.25) is 0 Å². The maximum Gasteiger partial charge on any atom is 0.246 e. The summed E-state index contributed by atoms with van der Waals surface area (Å²) in [6.07, 6.45) is 3.02. The first kappa shape index (κ1) is 27.0. The van der Waals surface area contributed by atoms with E-state index in [2.05, 4.69) is 58.0 Å². The van der Waals surface area contributed by atoms with Crippen LogP contribution in [-0.2, 0) is 20.9 Å². The number of nitrogens with zero attached hydrogens (tertiary/aromatic N) is 5. The molecule has 3 atom stereocenters. The lowest BCUT2D eigenvalue weighted by molar-refractivity contribution is -0.128. The molecule has 2 aliphatic heterocycles. The predicted molar refractivity (Wildman–Crippen MR) is 142 cm³/mol. The highest BCUT2D eigenvalue weighted by Gasteiger charge is 2.28. The van der Waals surface area contributed by atoms with E-state index in [9.17, 15) is 9.90 Å². The van der Waals surface area contributed by atoms with Gasteiger partial charge >= 0.3 is 0 Å². The number of hydrogen-bond acceptors (Lipinski definition) is 9. The lowest BCUT2D eigenvalue weighted by Gasteiger charge is -2.39. The van der Waals surface area contributed by atoms with E-state index >= 15 is 0 Å². The predicted octanol–water partition coefficient (Wildman–Crippen LogP) is 2.69. The van der Waals surface area contributed by atoms with Gasteiger partial charge in [-0.25, -0.2) is 4.98 Å². The van der Waals surface area contributed by atoms with Crippen LogP contribution >= 0.6 is 0 Å². The molecule has 3 heterocycles. The van der Waals surface area contributed by atoms with Crippen LogP contribution in [0.15, 0.2) is 43.1 Å². The van der Waals surface area contributed by atoms with E-state index in [-0.39, 0.29) is 24.6 Å². The molecule has 0 spiro atoms. The molecule has 4 rings (SSSR count). The van der Waals surface area contributed by atoms with Gasteiger partial charge in [-0.05, 0) is 37.5 Å². The highest BCUT2D eigenvalue weighted by molar-refractivity contribution is 5.87. The highest BCUT2D eigenvalue weighted by atomic mass is 16.6. The standard InChI is InChI=1S/C27H38N6O4/c1-5-24(34)32-14-12-31(13-15-32)23(11-16-36-4)21-9-7-20(8-10-21)19(3)29-26-28-17-22-18-37-27(35)33(6-2)25(22)30-26/h5,7-10,17,19,23,27,35H,1,6,11-16,18H2,2-4H3,(H,28,29,30)/t19-,23?,27?/m0/s1. The number of carbonyl (C=O) groups excluding carboxylic acids is 1. The summed E-state index contributed by atoms with van der Waals surface area (Å²) in [5.41, 5.74) is 3.20. The van der Waals surface area contributed by atoms with Crippen molar-refractivity contribution in [2.24, 2.45) is 0 Å².